The van der Waals surface area contributed by atoms with Crippen molar-refractivity contribution < 1.29 is 62.2 Å². The van der Waals surface area contributed by atoms with Gasteiger partial charge in [-0.25, -0.2) is 4.85 Å². The molecule has 2 aliphatic rings. The van der Waals surface area contributed by atoms with Crippen molar-refractivity contribution in [2.75, 3.05) is 86.3 Å². The van der Waals surface area contributed by atoms with Crippen molar-refractivity contribution in [1.29, 1.82) is 0 Å². The number of ketones is 1. The van der Waals surface area contributed by atoms with Crippen LogP contribution >= 0.6 is 23.1 Å². The first-order chi connectivity index (χ1) is 37.6. The number of aryl methyl sites for hydroxylation is 2. The van der Waals surface area contributed by atoms with Crippen LogP contribution in [0.2, 0.25) is 0 Å². The van der Waals surface area contributed by atoms with Crippen LogP contribution in [0.5, 0.6) is 17.2 Å². The molecule has 2 N–H and O–H groups in total. The largest absolute Gasteiger partial charge is 0.493 e. The van der Waals surface area contributed by atoms with Crippen LogP contribution in [0.3, 0.4) is 0 Å². The molecule has 1 aromatic heterocycles. The lowest BCUT2D eigenvalue weighted by atomic mass is 9.77. The Morgan fingerprint density at radius 2 is 1.45 bits per heavy atom. The first-order valence-corrected chi connectivity index (χ1v) is 28.1. The van der Waals surface area contributed by atoms with Gasteiger partial charge >= 0.3 is 0 Å². The molecule has 0 aliphatic carbocycles. The monoisotopic (exact) mass is 1110 g/mol. The highest BCUT2D eigenvalue weighted by atomic mass is 32.2. The molecule has 4 amide bonds. The summed E-state index contributed by atoms with van der Waals surface area (Å²) in [6.07, 6.45) is 4.22. The van der Waals surface area contributed by atoms with Gasteiger partial charge in [0.15, 0.2) is 23.0 Å². The number of unbranched alkanes of at least 4 members (excludes halogenated alkanes) is 2. The number of β-amino-alcohol motifs (C(OH)–C–C–N with tert-alkyl or cyclic N) is 1. The average Bonchev–Trinajstić information content (AvgIpc) is 4.13. The number of nitrogens with one attached hydrogen (secondary N) is 1. The van der Waals surface area contributed by atoms with E-state index in [1.165, 1.54) is 27.4 Å². The number of carbonyl (C=O) groups is 5. The number of thiophene rings is 1. The third-order valence-corrected chi connectivity index (χ3v) is 15.1. The van der Waals surface area contributed by atoms with E-state index >= 15 is 0 Å². The normalized spacial score (nSPS) is 16.5. The van der Waals surface area contributed by atoms with Crippen molar-refractivity contribution >= 4 is 63.6 Å². The molecule has 0 saturated carbocycles. The van der Waals surface area contributed by atoms with E-state index < -0.39 is 23.5 Å². The van der Waals surface area contributed by atoms with Gasteiger partial charge in [0.2, 0.25) is 11.8 Å². The van der Waals surface area contributed by atoms with Crippen molar-refractivity contribution in [3.63, 3.8) is 0 Å². The molecule has 2 fully saturated rings. The number of methoxy groups -OCH3 is 1. The first-order valence-electron chi connectivity index (χ1n) is 26.5. The number of nitrogens with zero attached hydrogens (tertiary/aromatic N) is 3. The third kappa shape index (κ3) is 18.6. The Hall–Kier alpha value is -5.95. The highest BCUT2D eigenvalue weighted by Gasteiger charge is 2.44. The number of likely N-dealkylation sites (tertiary alicyclic amines) is 1. The number of aliphatic hydroxyl groups is 1. The lowest BCUT2D eigenvalue weighted by Gasteiger charge is -2.34. The fourth-order valence-corrected chi connectivity index (χ4v) is 10.5. The van der Waals surface area contributed by atoms with Crippen molar-refractivity contribution in [1.82, 2.24) is 15.1 Å². The molecule has 0 spiro atoms. The maximum absolute atomic E-state index is 14.0. The summed E-state index contributed by atoms with van der Waals surface area (Å²) in [5.41, 5.74) is 4.67. The predicted octanol–water partition coefficient (Wildman–Crippen LogP) is 9.96. The molecule has 0 bridgehead atoms. The quantitative estimate of drug-likeness (QED) is 0.0267. The Morgan fingerprint density at radius 1 is 0.808 bits per heavy atom. The molecule has 17 nitrogen and oxygen atoms in total. The number of benzene rings is 3. The summed E-state index contributed by atoms with van der Waals surface area (Å²) in [6, 6.07) is 19.7. The molecule has 0 radical (unpaired) electrons. The zero-order chi connectivity index (χ0) is 56.0. The van der Waals surface area contributed by atoms with Gasteiger partial charge in [0.25, 0.3) is 11.1 Å². The molecular weight excluding hydrogens is 1040 g/mol. The van der Waals surface area contributed by atoms with Gasteiger partial charge in [0.1, 0.15) is 18.4 Å². The fourth-order valence-electron chi connectivity index (χ4n) is 8.75. The number of hydrogen-bond acceptors (Lipinski definition) is 15. The Morgan fingerprint density at radius 3 is 2.06 bits per heavy atom. The summed E-state index contributed by atoms with van der Waals surface area (Å²) >= 11 is 2.56. The maximum atomic E-state index is 14.0. The lowest BCUT2D eigenvalue weighted by molar-refractivity contribution is -0.146. The Balaban J connectivity index is 0.745. The van der Waals surface area contributed by atoms with E-state index in [4.69, 9.17) is 39.7 Å². The summed E-state index contributed by atoms with van der Waals surface area (Å²) in [5.74, 6) is -0.465. The van der Waals surface area contributed by atoms with E-state index in [2.05, 4.69) is 28.5 Å². The molecular formula is C59H74N4O13S2. The summed E-state index contributed by atoms with van der Waals surface area (Å²) in [4.78, 5) is 73.9. The van der Waals surface area contributed by atoms with E-state index in [1.807, 2.05) is 52.0 Å². The zero-order valence-corrected chi connectivity index (χ0v) is 47.3. The van der Waals surface area contributed by atoms with Gasteiger partial charge in [0, 0.05) is 63.2 Å². The zero-order valence-electron chi connectivity index (χ0n) is 45.7. The van der Waals surface area contributed by atoms with Crippen LogP contribution in [-0.4, -0.2) is 142 Å². The van der Waals surface area contributed by atoms with Gasteiger partial charge < -0.3 is 48.5 Å². The standard InChI is InChI=1S/C59H74N4O13S2/c1-40-20-31-77-54(40)44-15-12-42(13-16-44)37-61-55(66)49-36-46(64)38-63(49)56(67)48(59(3,4)5)35-47(65)39-75-30-29-73-25-11-9-23-71-22-8-10-24-72-27-28-74-26-21-62-57(68)53(78-58(62)69)34-43-14-18-51(52(33-43)70-7)76-50-19-17-45(60-6)32-41(50)2/h12-20,31-34,46,48-49,64H,8-11,21-30,35-39H2,1-5,7H3,(H,61,66)/b53-34-/t46-,48?,49?/m1/s1. The second-order valence-electron chi connectivity index (χ2n) is 20.2. The van der Waals surface area contributed by atoms with Crippen molar-refractivity contribution in [3.8, 4) is 27.7 Å². The minimum absolute atomic E-state index is 0.0282. The van der Waals surface area contributed by atoms with Gasteiger partial charge in [-0.2, -0.15) is 0 Å². The van der Waals surface area contributed by atoms with E-state index in [0.29, 0.717) is 79.7 Å². The molecule has 3 atom stereocenters. The molecule has 420 valence electrons. The first kappa shape index (κ1) is 61.3. The van der Waals surface area contributed by atoms with Crippen LogP contribution in [-0.2, 0) is 49.4 Å². The molecule has 2 unspecified atom stereocenters. The molecule has 19 heteroatoms. The summed E-state index contributed by atoms with van der Waals surface area (Å²) in [5, 5.41) is 15.2. The molecule has 3 heterocycles. The smallest absolute Gasteiger partial charge is 0.293 e. The van der Waals surface area contributed by atoms with E-state index in [1.54, 1.807) is 53.8 Å². The molecule has 4 aromatic rings. The highest BCUT2D eigenvalue weighted by Crippen LogP contribution is 2.38. The Kier molecular flexibility index (Phi) is 24.3. The van der Waals surface area contributed by atoms with Crippen LogP contribution in [0.1, 0.15) is 81.5 Å². The maximum Gasteiger partial charge on any atom is 0.293 e. The SMILES string of the molecule is [C-]#[N+]c1ccc(Oc2ccc(/C=C3\SC(=O)N(CCOCCOCCCCOCCCCOCCOCC(=O)CC(C(=O)N4C[C@H](O)CC4C(=O)NCc4ccc(-c5sccc5C)cc4)C(C)(C)C)C3=O)cc2OC)c(C)c1. The van der Waals surface area contributed by atoms with E-state index in [-0.39, 0.29) is 81.0 Å². The molecule has 6 rings (SSSR count). The third-order valence-electron chi connectivity index (χ3n) is 13.2. The number of ether oxygens (including phenoxy) is 7. The minimum Gasteiger partial charge on any atom is -0.493 e. The molecule has 3 aromatic carbocycles. The number of thioether (sulfide) groups is 1. The second kappa shape index (κ2) is 31.0. The van der Waals surface area contributed by atoms with Gasteiger partial charge in [-0.15, -0.1) is 11.3 Å². The molecule has 2 aliphatic heterocycles. The van der Waals surface area contributed by atoms with Crippen molar-refractivity contribution in [3.05, 3.63) is 111 Å². The summed E-state index contributed by atoms with van der Waals surface area (Å²) < 4.78 is 39.9. The number of Topliss-reactive ketones (excluding diaryl/α,β-unsaturated/α-hetero) is 1. The number of aliphatic hydroxyl groups excluding tert-OH is 1. The van der Waals surface area contributed by atoms with Gasteiger partial charge in [-0.3, -0.25) is 28.9 Å². The van der Waals surface area contributed by atoms with Gasteiger partial charge in [-0.1, -0.05) is 57.2 Å². The van der Waals surface area contributed by atoms with E-state index in [0.717, 1.165) is 54.1 Å². The minimum atomic E-state index is -0.840. The summed E-state index contributed by atoms with van der Waals surface area (Å²) in [7, 11) is 1.52. The van der Waals surface area contributed by atoms with Crippen LogP contribution in [0.25, 0.3) is 21.4 Å². The van der Waals surface area contributed by atoms with Crippen LogP contribution in [0.4, 0.5) is 10.5 Å². The van der Waals surface area contributed by atoms with Gasteiger partial charge in [-0.05, 0) is 126 Å². The van der Waals surface area contributed by atoms with Crippen LogP contribution < -0.4 is 14.8 Å². The number of carbonyl (C=O) groups excluding carboxylic acids is 5. The van der Waals surface area contributed by atoms with Gasteiger partial charge in [0.05, 0.1) is 64.3 Å². The molecule has 2 saturated heterocycles. The Bertz CT molecular complexity index is 2710. The number of amides is 4. The van der Waals surface area contributed by atoms with Crippen LogP contribution in [0, 0.1) is 31.8 Å². The lowest BCUT2D eigenvalue weighted by Crippen LogP contribution is -2.50. The highest BCUT2D eigenvalue weighted by molar-refractivity contribution is 8.18. The summed E-state index contributed by atoms with van der Waals surface area (Å²) in [6.45, 7) is 20.9. The van der Waals surface area contributed by atoms with E-state index in [9.17, 15) is 29.1 Å². The predicted molar refractivity (Wildman–Crippen MR) is 301 cm³/mol. The fraction of sp³-hybridized carbons (Fsp3) is 0.492. The second-order valence-corrected chi connectivity index (χ2v) is 22.1. The number of imide groups is 1. The van der Waals surface area contributed by atoms with Crippen molar-refractivity contribution in [2.24, 2.45) is 11.3 Å². The average molecular weight is 1110 g/mol. The van der Waals surface area contributed by atoms with Crippen molar-refractivity contribution in [2.45, 2.75) is 91.8 Å². The number of rotatable bonds is 32. The number of hydrogen-bond donors (Lipinski definition) is 2. The molecule has 78 heavy (non-hydrogen) atoms. The topological polar surface area (TPSA) is 193 Å². The Labute approximate surface area is 466 Å². The van der Waals surface area contributed by atoms with Crippen LogP contribution in [0.15, 0.2) is 77.0 Å².